The molecular formula is C30H42N2O5. The monoisotopic (exact) mass is 510 g/mol. The minimum atomic E-state index is -0.543. The first kappa shape index (κ1) is 27.4. The van der Waals surface area contributed by atoms with Gasteiger partial charge in [0, 0.05) is 29.1 Å². The summed E-state index contributed by atoms with van der Waals surface area (Å²) in [7, 11) is 0. The van der Waals surface area contributed by atoms with Crippen molar-refractivity contribution in [3.8, 4) is 5.75 Å². The molecule has 7 heteroatoms. The van der Waals surface area contributed by atoms with Gasteiger partial charge in [0.1, 0.15) is 6.10 Å². The molecule has 2 aromatic rings. The van der Waals surface area contributed by atoms with E-state index < -0.39 is 6.10 Å². The summed E-state index contributed by atoms with van der Waals surface area (Å²) in [4.78, 5) is 41.4. The van der Waals surface area contributed by atoms with E-state index in [2.05, 4.69) is 31.1 Å². The fourth-order valence-electron chi connectivity index (χ4n) is 5.88. The maximum absolute atomic E-state index is 13.3. The highest BCUT2D eigenvalue weighted by molar-refractivity contribution is 5.90. The number of hydrogen-bond acceptors (Lipinski definition) is 6. The van der Waals surface area contributed by atoms with Crippen molar-refractivity contribution in [1.82, 2.24) is 10.3 Å². The Morgan fingerprint density at radius 3 is 2.14 bits per heavy atom. The molecule has 2 unspecified atom stereocenters. The quantitative estimate of drug-likeness (QED) is 0.319. The predicted molar refractivity (Wildman–Crippen MR) is 145 cm³/mol. The molecular weight excluding hydrogens is 468 g/mol. The predicted octanol–water partition coefficient (Wildman–Crippen LogP) is 5.96. The molecule has 2 fully saturated rings. The van der Waals surface area contributed by atoms with Gasteiger partial charge in [-0.25, -0.2) is 0 Å². The van der Waals surface area contributed by atoms with E-state index in [0.29, 0.717) is 11.3 Å². The minimum Gasteiger partial charge on any atom is -0.456 e. The Kier molecular flexibility index (Phi) is 9.41. The maximum atomic E-state index is 13.3. The molecule has 2 saturated carbocycles. The van der Waals surface area contributed by atoms with Crippen LogP contribution in [0, 0.1) is 11.8 Å². The number of carbonyl (C=O) groups excluding carboxylic acids is 2. The molecule has 0 aliphatic heterocycles. The summed E-state index contributed by atoms with van der Waals surface area (Å²) in [6.07, 6.45) is 10.1. The molecule has 0 bridgehead atoms. The molecule has 7 nitrogen and oxygen atoms in total. The summed E-state index contributed by atoms with van der Waals surface area (Å²) in [5.41, 5.74) is 0.989. The molecule has 1 aromatic carbocycles. The number of ether oxygens (including phenoxy) is 2. The van der Waals surface area contributed by atoms with Crippen LogP contribution in [0.5, 0.6) is 5.75 Å². The van der Waals surface area contributed by atoms with Crippen LogP contribution in [0.1, 0.15) is 103 Å². The third-order valence-corrected chi connectivity index (χ3v) is 7.88. The number of hydrogen-bond donors (Lipinski definition) is 2. The summed E-state index contributed by atoms with van der Waals surface area (Å²) >= 11 is 0. The van der Waals surface area contributed by atoms with Crippen molar-refractivity contribution in [1.29, 1.82) is 0 Å². The lowest BCUT2D eigenvalue weighted by molar-refractivity contribution is -0.157. The summed E-state index contributed by atoms with van der Waals surface area (Å²) in [6.45, 7) is 6.23. The summed E-state index contributed by atoms with van der Waals surface area (Å²) in [5, 5.41) is 4.29. The van der Waals surface area contributed by atoms with Crippen LogP contribution in [0.4, 0.5) is 0 Å². The maximum Gasteiger partial charge on any atom is 0.314 e. The second-order valence-corrected chi connectivity index (χ2v) is 11.0. The highest BCUT2D eigenvalue weighted by Crippen LogP contribution is 2.36. The number of pyridine rings is 1. The van der Waals surface area contributed by atoms with Crippen LogP contribution in [-0.4, -0.2) is 29.0 Å². The number of benzene rings is 1. The van der Waals surface area contributed by atoms with E-state index in [1.165, 1.54) is 12.5 Å². The van der Waals surface area contributed by atoms with Crippen LogP contribution >= 0.6 is 0 Å². The third-order valence-electron chi connectivity index (χ3n) is 7.88. The molecule has 2 aliphatic rings. The van der Waals surface area contributed by atoms with Gasteiger partial charge in [-0.1, -0.05) is 65.4 Å². The fraction of sp³-hybridized carbons (Fsp3) is 0.633. The van der Waals surface area contributed by atoms with Crippen LogP contribution in [0.25, 0.3) is 10.9 Å². The van der Waals surface area contributed by atoms with Crippen molar-refractivity contribution >= 4 is 22.8 Å². The number of aromatic nitrogens is 1. The standard InChI is InChI=1S/C30H42N2O5/c1-4-24(31-19(2)3)28(37-30(35)21-13-9-6-10-14-21)23-15-17-25(27-22(23)16-18-26(33)32-27)36-29(34)20-11-7-5-8-12-20/h15-21,24,28,31H,4-14H2,1-3H3,(H,32,33). The second-order valence-electron chi connectivity index (χ2n) is 11.0. The summed E-state index contributed by atoms with van der Waals surface area (Å²) < 4.78 is 12.1. The van der Waals surface area contributed by atoms with E-state index in [-0.39, 0.29) is 41.4 Å². The highest BCUT2D eigenvalue weighted by atomic mass is 16.5. The van der Waals surface area contributed by atoms with Crippen LogP contribution in [0.3, 0.4) is 0 Å². The SMILES string of the molecule is CCC(NC(C)C)C(OC(=O)C1CCCCC1)c1ccc(OC(=O)C2CCCCC2)c2[nH]c(=O)ccc12. The van der Waals surface area contributed by atoms with E-state index >= 15 is 0 Å². The highest BCUT2D eigenvalue weighted by Gasteiger charge is 2.32. The average Bonchev–Trinajstić information content (AvgIpc) is 2.91. The summed E-state index contributed by atoms with van der Waals surface area (Å²) in [5.74, 6) is -0.239. The first-order valence-electron chi connectivity index (χ1n) is 14.2. The number of H-pyrrole nitrogens is 1. The average molecular weight is 511 g/mol. The number of rotatable bonds is 9. The number of aromatic amines is 1. The van der Waals surface area contributed by atoms with E-state index in [0.717, 1.165) is 75.2 Å². The lowest BCUT2D eigenvalue weighted by Crippen LogP contribution is -2.41. The third kappa shape index (κ3) is 6.81. The molecule has 4 rings (SSSR count). The van der Waals surface area contributed by atoms with Crippen molar-refractivity contribution < 1.29 is 19.1 Å². The van der Waals surface area contributed by atoms with E-state index in [1.807, 2.05) is 6.07 Å². The first-order valence-corrected chi connectivity index (χ1v) is 14.2. The van der Waals surface area contributed by atoms with Gasteiger partial charge in [0.2, 0.25) is 5.56 Å². The minimum absolute atomic E-state index is 0.0744. The second kappa shape index (κ2) is 12.7. The van der Waals surface area contributed by atoms with Crippen molar-refractivity contribution in [3.05, 3.63) is 40.2 Å². The van der Waals surface area contributed by atoms with Crippen molar-refractivity contribution in [2.75, 3.05) is 0 Å². The van der Waals surface area contributed by atoms with Gasteiger partial charge in [-0.15, -0.1) is 0 Å². The van der Waals surface area contributed by atoms with Crippen LogP contribution in [0.15, 0.2) is 29.1 Å². The number of carbonyl (C=O) groups is 2. The van der Waals surface area contributed by atoms with Gasteiger partial charge in [-0.2, -0.15) is 0 Å². The van der Waals surface area contributed by atoms with Gasteiger partial charge >= 0.3 is 11.9 Å². The molecule has 0 radical (unpaired) electrons. The topological polar surface area (TPSA) is 97.5 Å². The van der Waals surface area contributed by atoms with Crippen molar-refractivity contribution in [2.24, 2.45) is 11.8 Å². The molecule has 0 spiro atoms. The molecule has 2 N–H and O–H groups in total. The Bertz CT molecular complexity index is 1130. The lowest BCUT2D eigenvalue weighted by Gasteiger charge is -2.32. The van der Waals surface area contributed by atoms with Gasteiger partial charge in [0.15, 0.2) is 5.75 Å². The van der Waals surface area contributed by atoms with Crippen LogP contribution in [0.2, 0.25) is 0 Å². The normalized spacial score (nSPS) is 19.0. The molecule has 1 aromatic heterocycles. The van der Waals surface area contributed by atoms with Gasteiger partial charge in [-0.3, -0.25) is 14.4 Å². The number of nitrogens with one attached hydrogen (secondary N) is 2. The first-order chi connectivity index (χ1) is 17.9. The van der Waals surface area contributed by atoms with Gasteiger partial charge in [0.25, 0.3) is 0 Å². The Hall–Kier alpha value is -2.67. The molecule has 0 saturated heterocycles. The van der Waals surface area contributed by atoms with Gasteiger partial charge < -0.3 is 19.8 Å². The Labute approximate surface area is 219 Å². The lowest BCUT2D eigenvalue weighted by atomic mass is 9.89. The van der Waals surface area contributed by atoms with Gasteiger partial charge in [0.05, 0.1) is 17.4 Å². The zero-order valence-electron chi connectivity index (χ0n) is 22.5. The smallest absolute Gasteiger partial charge is 0.314 e. The fourth-order valence-corrected chi connectivity index (χ4v) is 5.88. The molecule has 2 atom stereocenters. The van der Waals surface area contributed by atoms with E-state index in [9.17, 15) is 14.4 Å². The largest absolute Gasteiger partial charge is 0.456 e. The number of esters is 2. The Morgan fingerprint density at radius 1 is 0.919 bits per heavy atom. The zero-order chi connectivity index (χ0) is 26.4. The molecule has 202 valence electrons. The van der Waals surface area contributed by atoms with Crippen LogP contribution in [-0.2, 0) is 14.3 Å². The van der Waals surface area contributed by atoms with E-state index in [1.54, 1.807) is 12.1 Å². The van der Waals surface area contributed by atoms with Crippen molar-refractivity contribution in [2.45, 2.75) is 110 Å². The van der Waals surface area contributed by atoms with Crippen molar-refractivity contribution in [3.63, 3.8) is 0 Å². The van der Waals surface area contributed by atoms with Crippen LogP contribution < -0.4 is 15.6 Å². The molecule has 0 amide bonds. The Balaban J connectivity index is 1.71. The molecule has 1 heterocycles. The molecule has 2 aliphatic carbocycles. The zero-order valence-corrected chi connectivity index (χ0v) is 22.5. The molecule has 37 heavy (non-hydrogen) atoms. The Morgan fingerprint density at radius 2 is 1.54 bits per heavy atom. The summed E-state index contributed by atoms with van der Waals surface area (Å²) in [6, 6.07) is 6.91. The van der Waals surface area contributed by atoms with Gasteiger partial charge in [-0.05, 0) is 44.2 Å². The number of fused-ring (bicyclic) bond motifs is 1. The van der Waals surface area contributed by atoms with E-state index in [4.69, 9.17) is 9.47 Å².